The summed E-state index contributed by atoms with van der Waals surface area (Å²) < 4.78 is 2.23. The highest BCUT2D eigenvalue weighted by Gasteiger charge is 2.22. The molecular formula is C49H30N8. The van der Waals surface area contributed by atoms with E-state index in [-0.39, 0.29) is 0 Å². The number of hydrogen-bond donors (Lipinski definition) is 0. The molecule has 4 aromatic heterocycles. The van der Waals surface area contributed by atoms with Gasteiger partial charge in [0.05, 0.1) is 11.0 Å². The van der Waals surface area contributed by atoms with Gasteiger partial charge in [0.25, 0.3) is 0 Å². The maximum absolute atomic E-state index is 5.40. The highest BCUT2D eigenvalue weighted by Crippen LogP contribution is 2.39. The highest BCUT2D eigenvalue weighted by molar-refractivity contribution is 6.24. The molecule has 0 saturated carbocycles. The summed E-state index contributed by atoms with van der Waals surface area (Å²) in [5, 5.41) is 4.72. The minimum Gasteiger partial charge on any atom is -0.294 e. The van der Waals surface area contributed by atoms with E-state index in [1.807, 2.05) is 127 Å². The third kappa shape index (κ3) is 5.75. The van der Waals surface area contributed by atoms with Crippen LogP contribution in [0.25, 0.3) is 107 Å². The van der Waals surface area contributed by atoms with Gasteiger partial charge in [0.2, 0.25) is 0 Å². The molecule has 0 radical (unpaired) electrons. The third-order valence-corrected chi connectivity index (χ3v) is 10.3. The topological polar surface area (TPSA) is 95.2 Å². The van der Waals surface area contributed by atoms with E-state index in [0.717, 1.165) is 38.9 Å². The summed E-state index contributed by atoms with van der Waals surface area (Å²) in [4.78, 5) is 35.8. The Morgan fingerprint density at radius 3 is 1.05 bits per heavy atom. The fraction of sp³-hybridized carbons (Fsp3) is 0. The maximum atomic E-state index is 5.40. The van der Waals surface area contributed by atoms with Crippen LogP contribution < -0.4 is 0 Å². The van der Waals surface area contributed by atoms with Gasteiger partial charge < -0.3 is 0 Å². The molecular weight excluding hydrogens is 701 g/mol. The van der Waals surface area contributed by atoms with Crippen molar-refractivity contribution in [3.05, 3.63) is 182 Å². The van der Waals surface area contributed by atoms with Crippen molar-refractivity contribution in [2.75, 3.05) is 0 Å². The van der Waals surface area contributed by atoms with E-state index in [1.54, 1.807) is 0 Å². The minimum atomic E-state index is 0.430. The van der Waals surface area contributed by atoms with Crippen LogP contribution in [0, 0.1) is 0 Å². The molecule has 0 aliphatic rings. The van der Waals surface area contributed by atoms with Crippen LogP contribution in [0.3, 0.4) is 0 Å². The summed E-state index contributed by atoms with van der Waals surface area (Å²) in [5.41, 5.74) is 6.91. The largest absolute Gasteiger partial charge is 0.294 e. The van der Waals surface area contributed by atoms with Crippen LogP contribution in [-0.4, -0.2) is 39.5 Å². The standard InChI is InChI=1S/C49H30N8/c1-5-15-33(16-6-1)44-51-45(34-17-7-2-8-18-34)54-48(53-44)37-29-38(49-55-46(35-19-9-3-10-20-35)52-47(56-49)36-21-11-4-12-22-36)50-41(30-37)57-39-25-13-23-31-27-28-32-24-14-26-40(57)43(32)42(31)39/h1-30H. The van der Waals surface area contributed by atoms with Gasteiger partial charge in [-0.05, 0) is 35.0 Å². The van der Waals surface area contributed by atoms with E-state index in [2.05, 4.69) is 59.2 Å². The van der Waals surface area contributed by atoms with Gasteiger partial charge >= 0.3 is 0 Å². The molecule has 4 heterocycles. The molecule has 0 N–H and O–H groups in total. The molecule has 8 nitrogen and oxygen atoms in total. The number of nitrogens with zero attached hydrogens (tertiary/aromatic N) is 8. The molecule has 0 spiro atoms. The zero-order valence-electron chi connectivity index (χ0n) is 30.4. The van der Waals surface area contributed by atoms with Gasteiger partial charge in [-0.1, -0.05) is 158 Å². The summed E-state index contributed by atoms with van der Waals surface area (Å²) in [6.45, 7) is 0. The SMILES string of the molecule is c1ccc(-c2nc(-c3ccccc3)nc(-c3cc(-c4nc(-c5ccccc5)nc(-c5ccccc5)n4)nc(-n4c5cccc6ccc7cccc4c7c65)c3)n2)cc1. The lowest BCUT2D eigenvalue weighted by atomic mass is 10.0. The first-order valence-corrected chi connectivity index (χ1v) is 18.7. The molecule has 0 fully saturated rings. The van der Waals surface area contributed by atoms with Crippen LogP contribution in [0.4, 0.5) is 0 Å². The van der Waals surface area contributed by atoms with Crippen molar-refractivity contribution in [2.24, 2.45) is 0 Å². The number of hydrogen-bond acceptors (Lipinski definition) is 7. The number of aromatic nitrogens is 8. The normalized spacial score (nSPS) is 11.5. The average molecular weight is 731 g/mol. The Morgan fingerprint density at radius 2 is 0.649 bits per heavy atom. The van der Waals surface area contributed by atoms with Crippen LogP contribution in [0.2, 0.25) is 0 Å². The Kier molecular flexibility index (Phi) is 7.63. The Balaban J connectivity index is 1.21. The Hall–Kier alpha value is -7.97. The predicted molar refractivity (Wildman–Crippen MR) is 227 cm³/mol. The lowest BCUT2D eigenvalue weighted by Crippen LogP contribution is -2.05. The third-order valence-electron chi connectivity index (χ3n) is 10.3. The van der Waals surface area contributed by atoms with Crippen molar-refractivity contribution in [3.8, 4) is 74.3 Å². The fourth-order valence-electron chi connectivity index (χ4n) is 7.60. The quantitative estimate of drug-likeness (QED) is 0.151. The average Bonchev–Trinajstić information content (AvgIpc) is 3.65. The van der Waals surface area contributed by atoms with E-state index in [0.29, 0.717) is 46.5 Å². The van der Waals surface area contributed by atoms with Gasteiger partial charge in [-0.25, -0.2) is 34.9 Å². The highest BCUT2D eigenvalue weighted by atomic mass is 15.1. The molecule has 0 unspecified atom stereocenters. The summed E-state index contributed by atoms with van der Waals surface area (Å²) in [7, 11) is 0. The van der Waals surface area contributed by atoms with Gasteiger partial charge in [0.15, 0.2) is 34.9 Å². The lowest BCUT2D eigenvalue weighted by molar-refractivity contribution is 1.03. The molecule has 0 aliphatic heterocycles. The number of pyridine rings is 1. The van der Waals surface area contributed by atoms with Crippen LogP contribution >= 0.6 is 0 Å². The molecule has 0 amide bonds. The van der Waals surface area contributed by atoms with Gasteiger partial charge in [-0.2, -0.15) is 0 Å². The fourth-order valence-corrected chi connectivity index (χ4v) is 7.60. The van der Waals surface area contributed by atoms with Crippen molar-refractivity contribution in [2.45, 2.75) is 0 Å². The second kappa shape index (κ2) is 13.4. The molecule has 0 saturated heterocycles. The van der Waals surface area contributed by atoms with E-state index in [9.17, 15) is 0 Å². The van der Waals surface area contributed by atoms with E-state index >= 15 is 0 Å². The summed E-state index contributed by atoms with van der Waals surface area (Å²) in [5.74, 6) is 3.86. The van der Waals surface area contributed by atoms with Crippen molar-refractivity contribution < 1.29 is 0 Å². The van der Waals surface area contributed by atoms with Crippen molar-refractivity contribution in [1.29, 1.82) is 0 Å². The Morgan fingerprint density at radius 1 is 0.281 bits per heavy atom. The second-order valence-electron chi connectivity index (χ2n) is 13.8. The second-order valence-corrected chi connectivity index (χ2v) is 13.8. The first kappa shape index (κ1) is 32.5. The van der Waals surface area contributed by atoms with E-state index in [4.69, 9.17) is 34.9 Å². The van der Waals surface area contributed by atoms with Gasteiger partial charge in [0, 0.05) is 38.6 Å². The predicted octanol–water partition coefficient (Wildman–Crippen LogP) is 11.1. The Bertz CT molecular complexity index is 2890. The van der Waals surface area contributed by atoms with E-state index in [1.165, 1.54) is 21.5 Å². The zero-order chi connectivity index (χ0) is 37.7. The smallest absolute Gasteiger partial charge is 0.182 e. The monoisotopic (exact) mass is 730 g/mol. The molecule has 7 aromatic carbocycles. The zero-order valence-corrected chi connectivity index (χ0v) is 30.4. The number of benzene rings is 7. The minimum absolute atomic E-state index is 0.430. The van der Waals surface area contributed by atoms with Crippen LogP contribution in [-0.2, 0) is 0 Å². The molecule has 0 aliphatic carbocycles. The summed E-state index contributed by atoms with van der Waals surface area (Å²) in [6, 6.07) is 61.2. The van der Waals surface area contributed by atoms with Crippen molar-refractivity contribution >= 4 is 32.6 Å². The lowest BCUT2D eigenvalue weighted by Gasteiger charge is -2.14. The molecule has 0 bridgehead atoms. The van der Waals surface area contributed by atoms with Gasteiger partial charge in [-0.15, -0.1) is 0 Å². The van der Waals surface area contributed by atoms with Crippen molar-refractivity contribution in [1.82, 2.24) is 39.5 Å². The molecule has 266 valence electrons. The Labute approximate surface area is 327 Å². The van der Waals surface area contributed by atoms with Crippen LogP contribution in [0.5, 0.6) is 0 Å². The molecule has 11 rings (SSSR count). The van der Waals surface area contributed by atoms with Crippen LogP contribution in [0.15, 0.2) is 182 Å². The maximum Gasteiger partial charge on any atom is 0.182 e. The summed E-state index contributed by atoms with van der Waals surface area (Å²) in [6.07, 6.45) is 0. The first-order valence-electron chi connectivity index (χ1n) is 18.7. The van der Waals surface area contributed by atoms with Crippen molar-refractivity contribution in [3.63, 3.8) is 0 Å². The first-order chi connectivity index (χ1) is 28.2. The molecule has 11 aromatic rings. The van der Waals surface area contributed by atoms with E-state index < -0.39 is 0 Å². The molecule has 57 heavy (non-hydrogen) atoms. The van der Waals surface area contributed by atoms with Crippen LogP contribution in [0.1, 0.15) is 0 Å². The summed E-state index contributed by atoms with van der Waals surface area (Å²) >= 11 is 0. The number of rotatable bonds is 7. The van der Waals surface area contributed by atoms with Gasteiger partial charge in [-0.3, -0.25) is 4.57 Å². The molecule has 8 heteroatoms. The van der Waals surface area contributed by atoms with Gasteiger partial charge in [0.1, 0.15) is 11.5 Å². The molecule has 0 atom stereocenters.